The summed E-state index contributed by atoms with van der Waals surface area (Å²) in [5.41, 5.74) is 1.27. The number of para-hydroxylation sites is 1. The second-order valence-electron chi connectivity index (χ2n) is 6.07. The van der Waals surface area contributed by atoms with Gasteiger partial charge in [-0.3, -0.25) is 9.59 Å². The minimum atomic E-state index is -3.76. The van der Waals surface area contributed by atoms with Crippen LogP contribution in [0.4, 0.5) is 11.4 Å². The van der Waals surface area contributed by atoms with Gasteiger partial charge in [0.2, 0.25) is 21.8 Å². The van der Waals surface area contributed by atoms with E-state index in [4.69, 9.17) is 0 Å². The second-order valence-corrected chi connectivity index (χ2v) is 7.78. The molecule has 2 N–H and O–H groups in total. The Morgan fingerprint density at radius 1 is 1.08 bits per heavy atom. The largest absolute Gasteiger partial charge is 0.326 e. The SMILES string of the molecule is CC(=O)Nc1ccc(S(=O)(=O)N[C@@H]2CC(=O)N(c3ccccc3)C2)cc1. The van der Waals surface area contributed by atoms with E-state index in [1.807, 2.05) is 30.3 Å². The molecule has 26 heavy (non-hydrogen) atoms. The Labute approximate surface area is 152 Å². The molecule has 2 amide bonds. The lowest BCUT2D eigenvalue weighted by molar-refractivity contribution is -0.117. The van der Waals surface area contributed by atoms with E-state index in [0.717, 1.165) is 5.69 Å². The molecule has 3 rings (SSSR count). The third-order valence-corrected chi connectivity index (χ3v) is 5.54. The van der Waals surface area contributed by atoms with Gasteiger partial charge in [0.05, 0.1) is 4.90 Å². The van der Waals surface area contributed by atoms with Gasteiger partial charge in [-0.2, -0.15) is 0 Å². The summed E-state index contributed by atoms with van der Waals surface area (Å²) in [5.74, 6) is -0.353. The molecule has 8 heteroatoms. The minimum Gasteiger partial charge on any atom is -0.326 e. The summed E-state index contributed by atoms with van der Waals surface area (Å²) in [7, 11) is -3.76. The van der Waals surface area contributed by atoms with Crippen LogP contribution in [0.25, 0.3) is 0 Å². The van der Waals surface area contributed by atoms with Gasteiger partial charge in [0.15, 0.2) is 0 Å². The van der Waals surface area contributed by atoms with Gasteiger partial charge >= 0.3 is 0 Å². The van der Waals surface area contributed by atoms with E-state index in [9.17, 15) is 18.0 Å². The average Bonchev–Trinajstić information content (AvgIpc) is 2.95. The summed E-state index contributed by atoms with van der Waals surface area (Å²) in [6.07, 6.45) is 0.109. The van der Waals surface area contributed by atoms with Gasteiger partial charge < -0.3 is 10.2 Å². The van der Waals surface area contributed by atoms with Crippen LogP contribution in [0.3, 0.4) is 0 Å². The normalized spacial score (nSPS) is 17.3. The molecule has 1 saturated heterocycles. The Balaban J connectivity index is 1.70. The zero-order valence-corrected chi connectivity index (χ0v) is 15.0. The quantitative estimate of drug-likeness (QED) is 0.834. The fourth-order valence-corrected chi connectivity index (χ4v) is 4.08. The monoisotopic (exact) mass is 373 g/mol. The Morgan fingerprint density at radius 2 is 1.73 bits per heavy atom. The molecule has 2 aromatic carbocycles. The van der Waals surface area contributed by atoms with Gasteiger partial charge in [0, 0.05) is 37.3 Å². The van der Waals surface area contributed by atoms with Gasteiger partial charge in [-0.05, 0) is 36.4 Å². The number of carbonyl (C=O) groups is 2. The van der Waals surface area contributed by atoms with Gasteiger partial charge in [0.1, 0.15) is 0 Å². The molecule has 7 nitrogen and oxygen atoms in total. The highest BCUT2D eigenvalue weighted by atomic mass is 32.2. The number of nitrogens with one attached hydrogen (secondary N) is 2. The van der Waals surface area contributed by atoms with Gasteiger partial charge in [-0.1, -0.05) is 18.2 Å². The van der Waals surface area contributed by atoms with Crippen LogP contribution in [-0.4, -0.2) is 32.8 Å². The van der Waals surface area contributed by atoms with Crippen LogP contribution in [0.15, 0.2) is 59.5 Å². The first-order valence-electron chi connectivity index (χ1n) is 8.10. The number of anilines is 2. The molecule has 136 valence electrons. The molecule has 0 saturated carbocycles. The van der Waals surface area contributed by atoms with Gasteiger partial charge in [0.25, 0.3) is 0 Å². The predicted molar refractivity (Wildman–Crippen MR) is 98.3 cm³/mol. The van der Waals surface area contributed by atoms with Crippen molar-refractivity contribution >= 4 is 33.2 Å². The first-order valence-corrected chi connectivity index (χ1v) is 9.59. The molecule has 0 aromatic heterocycles. The van der Waals surface area contributed by atoms with E-state index < -0.39 is 16.1 Å². The number of hydrogen-bond donors (Lipinski definition) is 2. The summed E-state index contributed by atoms with van der Waals surface area (Å²) in [6.45, 7) is 1.66. The summed E-state index contributed by atoms with van der Waals surface area (Å²) in [5, 5.41) is 2.58. The number of sulfonamides is 1. The van der Waals surface area contributed by atoms with E-state index in [1.54, 1.807) is 4.90 Å². The van der Waals surface area contributed by atoms with Crippen molar-refractivity contribution in [2.24, 2.45) is 0 Å². The maximum atomic E-state index is 12.5. The molecule has 1 fully saturated rings. The van der Waals surface area contributed by atoms with E-state index in [2.05, 4.69) is 10.0 Å². The molecule has 1 aliphatic heterocycles. The van der Waals surface area contributed by atoms with Gasteiger partial charge in [-0.25, -0.2) is 13.1 Å². The van der Waals surface area contributed by atoms with Crippen molar-refractivity contribution in [3.63, 3.8) is 0 Å². The maximum Gasteiger partial charge on any atom is 0.240 e. The lowest BCUT2D eigenvalue weighted by atomic mass is 10.3. The zero-order valence-electron chi connectivity index (χ0n) is 14.2. The number of nitrogens with zero attached hydrogens (tertiary/aromatic N) is 1. The maximum absolute atomic E-state index is 12.5. The van der Waals surface area contributed by atoms with Crippen molar-refractivity contribution in [3.05, 3.63) is 54.6 Å². The van der Waals surface area contributed by atoms with Crippen LogP contribution in [0.1, 0.15) is 13.3 Å². The highest BCUT2D eigenvalue weighted by Crippen LogP contribution is 2.22. The van der Waals surface area contributed by atoms with E-state index >= 15 is 0 Å². The predicted octanol–water partition coefficient (Wildman–Crippen LogP) is 1.73. The lowest BCUT2D eigenvalue weighted by Gasteiger charge is -2.17. The fourth-order valence-electron chi connectivity index (χ4n) is 2.85. The van der Waals surface area contributed by atoms with Crippen LogP contribution < -0.4 is 14.9 Å². The Morgan fingerprint density at radius 3 is 2.35 bits per heavy atom. The highest BCUT2D eigenvalue weighted by Gasteiger charge is 2.33. The zero-order chi connectivity index (χ0) is 18.7. The molecular weight excluding hydrogens is 354 g/mol. The third kappa shape index (κ3) is 4.09. The Bertz CT molecular complexity index is 911. The molecule has 0 radical (unpaired) electrons. The Hall–Kier alpha value is -2.71. The summed E-state index contributed by atoms with van der Waals surface area (Å²) >= 11 is 0. The van der Waals surface area contributed by atoms with Crippen molar-refractivity contribution < 1.29 is 18.0 Å². The van der Waals surface area contributed by atoms with Crippen molar-refractivity contribution in [2.45, 2.75) is 24.3 Å². The smallest absolute Gasteiger partial charge is 0.240 e. The molecule has 0 bridgehead atoms. The summed E-state index contributed by atoms with van der Waals surface area (Å²) in [6, 6.07) is 14.5. The van der Waals surface area contributed by atoms with Crippen LogP contribution in [0.5, 0.6) is 0 Å². The average molecular weight is 373 g/mol. The standard InChI is InChI=1S/C18H19N3O4S/c1-13(22)19-14-7-9-17(10-8-14)26(24,25)20-15-11-18(23)21(12-15)16-5-3-2-4-6-16/h2-10,15,20H,11-12H2,1H3,(H,19,22)/t15-/m1/s1. The summed E-state index contributed by atoms with van der Waals surface area (Å²) in [4.78, 5) is 24.9. The van der Waals surface area contributed by atoms with E-state index in [0.29, 0.717) is 5.69 Å². The van der Waals surface area contributed by atoms with Crippen LogP contribution in [-0.2, 0) is 19.6 Å². The van der Waals surface area contributed by atoms with Crippen LogP contribution >= 0.6 is 0 Å². The minimum absolute atomic E-state index is 0.0808. The summed E-state index contributed by atoms with van der Waals surface area (Å²) < 4.78 is 27.7. The molecule has 1 heterocycles. The van der Waals surface area contributed by atoms with Crippen LogP contribution in [0, 0.1) is 0 Å². The molecule has 0 aliphatic carbocycles. The second kappa shape index (κ2) is 7.27. The van der Waals surface area contributed by atoms with Crippen LogP contribution in [0.2, 0.25) is 0 Å². The van der Waals surface area contributed by atoms with Crippen molar-refractivity contribution in [1.29, 1.82) is 0 Å². The number of amides is 2. The van der Waals surface area contributed by atoms with E-state index in [1.165, 1.54) is 31.2 Å². The first kappa shape index (κ1) is 18.1. The fraction of sp³-hybridized carbons (Fsp3) is 0.222. The number of hydrogen-bond acceptors (Lipinski definition) is 4. The lowest BCUT2D eigenvalue weighted by Crippen LogP contribution is -2.37. The van der Waals surface area contributed by atoms with Crippen molar-refractivity contribution in [3.8, 4) is 0 Å². The highest BCUT2D eigenvalue weighted by molar-refractivity contribution is 7.89. The van der Waals surface area contributed by atoms with Gasteiger partial charge in [-0.15, -0.1) is 0 Å². The van der Waals surface area contributed by atoms with E-state index in [-0.39, 0.29) is 29.7 Å². The topological polar surface area (TPSA) is 95.6 Å². The molecular formula is C18H19N3O4S. The van der Waals surface area contributed by atoms with Crippen molar-refractivity contribution in [1.82, 2.24) is 4.72 Å². The third-order valence-electron chi connectivity index (χ3n) is 4.00. The molecule has 0 spiro atoms. The molecule has 1 atom stereocenters. The molecule has 1 aliphatic rings. The van der Waals surface area contributed by atoms with Crippen molar-refractivity contribution in [2.75, 3.05) is 16.8 Å². The molecule has 0 unspecified atom stereocenters. The first-order chi connectivity index (χ1) is 12.3. The number of rotatable bonds is 5. The Kier molecular flexibility index (Phi) is 5.06. The number of benzene rings is 2. The molecule has 2 aromatic rings. The number of carbonyl (C=O) groups excluding carboxylic acids is 2.